The average Bonchev–Trinajstić information content (AvgIpc) is 2.05. The molecule has 0 bridgehead atoms. The first-order valence-corrected chi connectivity index (χ1v) is 4.26. The number of ketones is 1. The van der Waals surface area contributed by atoms with Crippen LogP contribution >= 0.6 is 15.9 Å². The minimum atomic E-state index is -0.155. The summed E-state index contributed by atoms with van der Waals surface area (Å²) in [4.78, 5) is 21.3. The number of Topliss-reactive ketones (excluding diaryl/α,β-unsaturated/α-hetero) is 1. The van der Waals surface area contributed by atoms with Crippen LogP contribution in [-0.2, 0) is 4.79 Å². The van der Waals surface area contributed by atoms with Crippen molar-refractivity contribution in [3.8, 4) is 0 Å². The number of carbonyl (C=O) groups excluding carboxylic acids is 2. The van der Waals surface area contributed by atoms with Gasteiger partial charge in [-0.25, -0.2) is 0 Å². The summed E-state index contributed by atoms with van der Waals surface area (Å²) in [7, 11) is 0. The Labute approximate surface area is 78.7 Å². The summed E-state index contributed by atoms with van der Waals surface area (Å²) in [5.41, 5.74) is 0.560. The van der Waals surface area contributed by atoms with E-state index in [4.69, 9.17) is 0 Å². The van der Waals surface area contributed by atoms with Crippen LogP contribution in [0.4, 0.5) is 0 Å². The zero-order valence-corrected chi connectivity index (χ0v) is 7.87. The molecule has 0 unspecified atom stereocenters. The first-order chi connectivity index (χ1) is 5.75. The van der Waals surface area contributed by atoms with Gasteiger partial charge in [0.1, 0.15) is 6.29 Å². The summed E-state index contributed by atoms with van der Waals surface area (Å²) in [5.74, 6) is -0.155. The summed E-state index contributed by atoms with van der Waals surface area (Å²) in [5, 5.41) is 0. The van der Waals surface area contributed by atoms with Gasteiger partial charge in [-0.1, -0.05) is 34.1 Å². The molecule has 12 heavy (non-hydrogen) atoms. The van der Waals surface area contributed by atoms with Crippen molar-refractivity contribution in [2.45, 2.75) is 6.42 Å². The molecule has 0 atom stereocenters. The summed E-state index contributed by atoms with van der Waals surface area (Å²) in [6.45, 7) is 0. The monoisotopic (exact) mass is 226 g/mol. The van der Waals surface area contributed by atoms with Crippen molar-refractivity contribution in [1.82, 2.24) is 0 Å². The molecule has 0 amide bonds. The average molecular weight is 227 g/mol. The Hall–Kier alpha value is -0.960. The van der Waals surface area contributed by atoms with E-state index < -0.39 is 0 Å². The first kappa shape index (κ1) is 9.13. The number of rotatable bonds is 3. The molecule has 0 aliphatic carbocycles. The van der Waals surface area contributed by atoms with E-state index in [0.29, 0.717) is 11.8 Å². The Morgan fingerprint density at radius 1 is 1.42 bits per heavy atom. The zero-order chi connectivity index (χ0) is 8.97. The summed E-state index contributed by atoms with van der Waals surface area (Å²) >= 11 is 3.23. The van der Waals surface area contributed by atoms with Crippen LogP contribution in [0.2, 0.25) is 0 Å². The maximum atomic E-state index is 11.2. The Morgan fingerprint density at radius 3 is 2.67 bits per heavy atom. The molecule has 0 fully saturated rings. The smallest absolute Gasteiger partial charge is 0.171 e. The molecule has 3 heteroatoms. The molecule has 0 saturated carbocycles. The molecule has 0 aliphatic rings. The van der Waals surface area contributed by atoms with Gasteiger partial charge in [-0.2, -0.15) is 0 Å². The van der Waals surface area contributed by atoms with Gasteiger partial charge in [0.25, 0.3) is 0 Å². The van der Waals surface area contributed by atoms with E-state index in [1.54, 1.807) is 18.2 Å². The third kappa shape index (κ3) is 2.01. The molecule has 0 N–H and O–H groups in total. The van der Waals surface area contributed by atoms with Gasteiger partial charge in [-0.15, -0.1) is 0 Å². The lowest BCUT2D eigenvalue weighted by Crippen LogP contribution is -1.99. The first-order valence-electron chi connectivity index (χ1n) is 3.47. The number of aldehydes is 1. The molecular formula is C9H7BrO2. The topological polar surface area (TPSA) is 34.1 Å². The standard InChI is InChI=1S/C9H7BrO2/c10-8-4-2-1-3-7(8)9(12)5-6-11/h1-4,6H,5H2. The molecule has 0 heterocycles. The normalized spacial score (nSPS) is 9.42. The van der Waals surface area contributed by atoms with Gasteiger partial charge in [-0.05, 0) is 6.07 Å². The molecule has 2 nitrogen and oxygen atoms in total. The van der Waals surface area contributed by atoms with E-state index in [1.165, 1.54) is 0 Å². The molecule has 0 aromatic heterocycles. The lowest BCUT2D eigenvalue weighted by Gasteiger charge is -1.98. The Kier molecular flexibility index (Phi) is 3.17. The fourth-order valence-corrected chi connectivity index (χ4v) is 1.38. The highest BCUT2D eigenvalue weighted by atomic mass is 79.9. The van der Waals surface area contributed by atoms with Crippen molar-refractivity contribution < 1.29 is 9.59 Å². The Morgan fingerprint density at radius 2 is 2.08 bits per heavy atom. The third-order valence-corrected chi connectivity index (χ3v) is 2.13. The fraction of sp³-hybridized carbons (Fsp3) is 0.111. The van der Waals surface area contributed by atoms with Crippen LogP contribution in [-0.4, -0.2) is 12.1 Å². The van der Waals surface area contributed by atoms with Gasteiger partial charge >= 0.3 is 0 Å². The van der Waals surface area contributed by atoms with Crippen LogP contribution in [0.25, 0.3) is 0 Å². The van der Waals surface area contributed by atoms with Crippen molar-refractivity contribution in [2.24, 2.45) is 0 Å². The van der Waals surface area contributed by atoms with Crippen LogP contribution in [0.3, 0.4) is 0 Å². The van der Waals surface area contributed by atoms with Gasteiger partial charge in [0.15, 0.2) is 5.78 Å². The van der Waals surface area contributed by atoms with E-state index in [2.05, 4.69) is 15.9 Å². The molecule has 1 aromatic carbocycles. The highest BCUT2D eigenvalue weighted by Gasteiger charge is 2.07. The summed E-state index contributed by atoms with van der Waals surface area (Å²) in [6.07, 6.45) is 0.560. The molecule has 1 rings (SSSR count). The van der Waals surface area contributed by atoms with Gasteiger partial charge in [-0.3, -0.25) is 4.79 Å². The number of benzene rings is 1. The lowest BCUT2D eigenvalue weighted by atomic mass is 10.1. The minimum Gasteiger partial charge on any atom is -0.303 e. The van der Waals surface area contributed by atoms with Gasteiger partial charge in [0.2, 0.25) is 0 Å². The maximum absolute atomic E-state index is 11.2. The maximum Gasteiger partial charge on any atom is 0.171 e. The Balaban J connectivity index is 2.94. The van der Waals surface area contributed by atoms with E-state index in [-0.39, 0.29) is 12.2 Å². The van der Waals surface area contributed by atoms with E-state index in [1.807, 2.05) is 6.07 Å². The second-order valence-electron chi connectivity index (χ2n) is 2.27. The SMILES string of the molecule is O=CCC(=O)c1ccccc1Br. The van der Waals surface area contributed by atoms with Crippen molar-refractivity contribution in [3.63, 3.8) is 0 Å². The molecular weight excluding hydrogens is 220 g/mol. The van der Waals surface area contributed by atoms with Crippen molar-refractivity contribution in [1.29, 1.82) is 0 Å². The third-order valence-electron chi connectivity index (χ3n) is 1.44. The van der Waals surface area contributed by atoms with Crippen LogP contribution in [0.15, 0.2) is 28.7 Å². The molecule has 1 aromatic rings. The predicted octanol–water partition coefficient (Wildman–Crippen LogP) is 2.22. The number of carbonyl (C=O) groups is 2. The summed E-state index contributed by atoms with van der Waals surface area (Å²) in [6, 6.07) is 7.05. The van der Waals surface area contributed by atoms with E-state index in [0.717, 1.165) is 4.47 Å². The van der Waals surface area contributed by atoms with Gasteiger partial charge in [0, 0.05) is 10.0 Å². The van der Waals surface area contributed by atoms with Crippen molar-refractivity contribution >= 4 is 28.0 Å². The largest absolute Gasteiger partial charge is 0.303 e. The van der Waals surface area contributed by atoms with Crippen LogP contribution in [0.5, 0.6) is 0 Å². The van der Waals surface area contributed by atoms with Gasteiger partial charge < -0.3 is 4.79 Å². The van der Waals surface area contributed by atoms with Crippen LogP contribution < -0.4 is 0 Å². The number of halogens is 1. The highest BCUT2D eigenvalue weighted by molar-refractivity contribution is 9.10. The molecule has 0 radical (unpaired) electrons. The minimum absolute atomic E-state index is 0.0530. The predicted molar refractivity (Wildman–Crippen MR) is 49.2 cm³/mol. The highest BCUT2D eigenvalue weighted by Crippen LogP contribution is 2.16. The van der Waals surface area contributed by atoms with Crippen molar-refractivity contribution in [3.05, 3.63) is 34.3 Å². The van der Waals surface area contributed by atoms with Crippen LogP contribution in [0.1, 0.15) is 16.8 Å². The summed E-state index contributed by atoms with van der Waals surface area (Å²) < 4.78 is 0.733. The fourth-order valence-electron chi connectivity index (χ4n) is 0.873. The lowest BCUT2D eigenvalue weighted by molar-refractivity contribution is -0.107. The number of hydrogen-bond donors (Lipinski definition) is 0. The zero-order valence-electron chi connectivity index (χ0n) is 6.29. The second-order valence-corrected chi connectivity index (χ2v) is 3.13. The number of hydrogen-bond acceptors (Lipinski definition) is 2. The Bertz CT molecular complexity index is 307. The molecule has 0 saturated heterocycles. The molecule has 0 aliphatic heterocycles. The second kappa shape index (κ2) is 4.16. The van der Waals surface area contributed by atoms with Gasteiger partial charge in [0.05, 0.1) is 6.42 Å². The van der Waals surface area contributed by atoms with E-state index >= 15 is 0 Å². The van der Waals surface area contributed by atoms with Crippen molar-refractivity contribution in [2.75, 3.05) is 0 Å². The molecule has 0 spiro atoms. The molecule has 62 valence electrons. The van der Waals surface area contributed by atoms with Crippen LogP contribution in [0, 0.1) is 0 Å². The quantitative estimate of drug-likeness (QED) is 0.450. The van der Waals surface area contributed by atoms with E-state index in [9.17, 15) is 9.59 Å².